The van der Waals surface area contributed by atoms with Crippen molar-refractivity contribution in [2.75, 3.05) is 11.1 Å². The van der Waals surface area contributed by atoms with E-state index in [-0.39, 0.29) is 18.3 Å². The molecule has 1 aliphatic carbocycles. The number of carbonyl (C=O) groups is 1. The number of pyridine rings is 1. The Labute approximate surface area is 172 Å². The molecule has 0 fully saturated rings. The molecule has 0 saturated heterocycles. The van der Waals surface area contributed by atoms with Gasteiger partial charge in [-0.1, -0.05) is 30.3 Å². The largest absolute Gasteiger partial charge is 0.398 e. The lowest BCUT2D eigenvalue weighted by Gasteiger charge is -2.19. The van der Waals surface area contributed by atoms with Crippen molar-refractivity contribution >= 4 is 40.6 Å². The van der Waals surface area contributed by atoms with Crippen LogP contribution in [0.1, 0.15) is 42.5 Å². The molecule has 2 aromatic carbocycles. The van der Waals surface area contributed by atoms with Gasteiger partial charge in [-0.3, -0.25) is 9.78 Å². The summed E-state index contributed by atoms with van der Waals surface area (Å²) in [5.74, 6) is 0.0368. The van der Waals surface area contributed by atoms with E-state index in [0.29, 0.717) is 6.42 Å². The maximum atomic E-state index is 12.3. The van der Waals surface area contributed by atoms with Crippen LogP contribution in [0, 0.1) is 0 Å². The summed E-state index contributed by atoms with van der Waals surface area (Å²) in [7, 11) is 0. The Morgan fingerprint density at radius 3 is 2.68 bits per heavy atom. The van der Waals surface area contributed by atoms with Gasteiger partial charge in [0.1, 0.15) is 0 Å². The highest BCUT2D eigenvalue weighted by atomic mass is 35.5. The summed E-state index contributed by atoms with van der Waals surface area (Å²) >= 11 is 0. The third kappa shape index (κ3) is 4.45. The van der Waals surface area contributed by atoms with Crippen molar-refractivity contribution in [3.63, 3.8) is 0 Å². The van der Waals surface area contributed by atoms with Crippen LogP contribution in [0.25, 0.3) is 10.9 Å². The zero-order chi connectivity index (χ0) is 18.6. The first-order chi connectivity index (χ1) is 13.2. The van der Waals surface area contributed by atoms with E-state index in [4.69, 9.17) is 10.7 Å². The van der Waals surface area contributed by atoms with Crippen LogP contribution in [0.4, 0.5) is 11.4 Å². The summed E-state index contributed by atoms with van der Waals surface area (Å²) in [6.07, 6.45) is 6.61. The molecule has 3 N–H and O–H groups in total. The molecular weight excluding hydrogens is 370 g/mol. The van der Waals surface area contributed by atoms with Crippen molar-refractivity contribution in [1.82, 2.24) is 4.98 Å². The first-order valence-corrected chi connectivity index (χ1v) is 9.75. The van der Waals surface area contributed by atoms with Crippen molar-refractivity contribution in [2.24, 2.45) is 0 Å². The topological polar surface area (TPSA) is 68.0 Å². The second-order valence-corrected chi connectivity index (χ2v) is 7.28. The van der Waals surface area contributed by atoms with Crippen molar-refractivity contribution in [1.29, 1.82) is 0 Å². The van der Waals surface area contributed by atoms with Gasteiger partial charge < -0.3 is 11.1 Å². The number of anilines is 2. The van der Waals surface area contributed by atoms with Crippen LogP contribution < -0.4 is 11.1 Å². The molecule has 0 aliphatic heterocycles. The summed E-state index contributed by atoms with van der Waals surface area (Å²) in [5.41, 5.74) is 12.6. The molecule has 3 aromatic rings. The third-order valence-electron chi connectivity index (χ3n) is 5.30. The number of hydrogen-bond donors (Lipinski definition) is 2. The minimum Gasteiger partial charge on any atom is -0.398 e. The van der Waals surface area contributed by atoms with E-state index in [1.165, 1.54) is 24.0 Å². The van der Waals surface area contributed by atoms with Gasteiger partial charge >= 0.3 is 0 Å². The SMILES string of the molecule is Cl.Nc1c2c(nc3ccc(NC(=O)CCCc4ccccc4)cc13)CCCC2. The fraction of sp³-hybridized carbons (Fsp3) is 0.304. The molecule has 0 radical (unpaired) electrons. The van der Waals surface area contributed by atoms with E-state index < -0.39 is 0 Å². The molecule has 0 unspecified atom stereocenters. The van der Waals surface area contributed by atoms with E-state index in [2.05, 4.69) is 17.4 Å². The predicted molar refractivity (Wildman–Crippen MR) is 118 cm³/mol. The maximum absolute atomic E-state index is 12.3. The van der Waals surface area contributed by atoms with Crippen molar-refractivity contribution in [3.05, 3.63) is 65.4 Å². The van der Waals surface area contributed by atoms with E-state index in [0.717, 1.165) is 53.7 Å². The lowest BCUT2D eigenvalue weighted by Crippen LogP contribution is -2.12. The van der Waals surface area contributed by atoms with E-state index in [1.807, 2.05) is 36.4 Å². The highest BCUT2D eigenvalue weighted by Gasteiger charge is 2.16. The van der Waals surface area contributed by atoms with E-state index in [9.17, 15) is 4.79 Å². The summed E-state index contributed by atoms with van der Waals surface area (Å²) in [4.78, 5) is 17.1. The third-order valence-corrected chi connectivity index (χ3v) is 5.30. The molecule has 0 saturated carbocycles. The monoisotopic (exact) mass is 395 g/mol. The summed E-state index contributed by atoms with van der Waals surface area (Å²) in [6.45, 7) is 0. The van der Waals surface area contributed by atoms with Crippen LogP contribution in [0.2, 0.25) is 0 Å². The molecule has 28 heavy (non-hydrogen) atoms. The summed E-state index contributed by atoms with van der Waals surface area (Å²) in [5, 5.41) is 3.95. The standard InChI is InChI=1S/C23H25N3O.ClH/c24-23-18-10-4-5-11-20(18)26-21-14-13-17(15-19(21)23)25-22(27)12-6-9-16-7-2-1-3-8-16;/h1-3,7-8,13-15H,4-6,9-12H2,(H2,24,26)(H,25,27);1H. The van der Waals surface area contributed by atoms with Crippen molar-refractivity contribution in [3.8, 4) is 0 Å². The maximum Gasteiger partial charge on any atom is 0.224 e. The lowest BCUT2D eigenvalue weighted by atomic mass is 9.93. The number of fused-ring (bicyclic) bond motifs is 2. The van der Waals surface area contributed by atoms with Gasteiger partial charge in [-0.05, 0) is 67.9 Å². The second kappa shape index (κ2) is 9.07. The average molecular weight is 396 g/mol. The zero-order valence-electron chi connectivity index (χ0n) is 15.9. The van der Waals surface area contributed by atoms with Gasteiger partial charge in [0, 0.05) is 28.9 Å². The second-order valence-electron chi connectivity index (χ2n) is 7.28. The Kier molecular flexibility index (Phi) is 6.53. The Bertz CT molecular complexity index is 972. The van der Waals surface area contributed by atoms with Crippen molar-refractivity contribution < 1.29 is 4.79 Å². The first kappa shape index (κ1) is 20.2. The molecule has 146 valence electrons. The van der Waals surface area contributed by atoms with Crippen molar-refractivity contribution in [2.45, 2.75) is 44.9 Å². The van der Waals surface area contributed by atoms with Gasteiger partial charge in [0.05, 0.1) is 5.52 Å². The van der Waals surface area contributed by atoms with Crippen LogP contribution in [0.15, 0.2) is 48.5 Å². The normalized spacial score (nSPS) is 12.9. The van der Waals surface area contributed by atoms with Crippen LogP contribution >= 0.6 is 12.4 Å². The van der Waals surface area contributed by atoms with Gasteiger partial charge in [-0.2, -0.15) is 0 Å². The highest BCUT2D eigenvalue weighted by molar-refractivity contribution is 5.98. The summed E-state index contributed by atoms with van der Waals surface area (Å²) < 4.78 is 0. The molecule has 0 bridgehead atoms. The quantitative estimate of drug-likeness (QED) is 0.633. The van der Waals surface area contributed by atoms with Gasteiger partial charge in [0.25, 0.3) is 0 Å². The van der Waals surface area contributed by atoms with E-state index >= 15 is 0 Å². The molecule has 1 amide bonds. The number of hydrogen-bond acceptors (Lipinski definition) is 3. The number of carbonyl (C=O) groups excluding carboxylic acids is 1. The number of aromatic nitrogens is 1. The fourth-order valence-corrected chi connectivity index (χ4v) is 3.86. The number of rotatable bonds is 5. The summed E-state index contributed by atoms with van der Waals surface area (Å²) in [6, 6.07) is 16.1. The average Bonchev–Trinajstić information content (AvgIpc) is 2.69. The van der Waals surface area contributed by atoms with Crippen LogP contribution in [-0.4, -0.2) is 10.9 Å². The van der Waals surface area contributed by atoms with Crippen LogP contribution in [0.5, 0.6) is 0 Å². The number of halogens is 1. The number of benzene rings is 2. The van der Waals surface area contributed by atoms with Gasteiger partial charge in [-0.25, -0.2) is 0 Å². The number of amides is 1. The molecule has 5 heteroatoms. The van der Waals surface area contributed by atoms with Crippen LogP contribution in [0.3, 0.4) is 0 Å². The first-order valence-electron chi connectivity index (χ1n) is 9.75. The predicted octanol–water partition coefficient (Wildman–Crippen LogP) is 5.08. The van der Waals surface area contributed by atoms with Crippen LogP contribution in [-0.2, 0) is 24.1 Å². The van der Waals surface area contributed by atoms with Gasteiger partial charge in [0.2, 0.25) is 5.91 Å². The molecule has 1 aliphatic rings. The number of nitrogens with zero attached hydrogens (tertiary/aromatic N) is 1. The van der Waals surface area contributed by atoms with Gasteiger partial charge in [0.15, 0.2) is 0 Å². The molecule has 1 aromatic heterocycles. The van der Waals surface area contributed by atoms with E-state index in [1.54, 1.807) is 0 Å². The number of nitrogen functional groups attached to an aromatic ring is 1. The fourth-order valence-electron chi connectivity index (χ4n) is 3.86. The Morgan fingerprint density at radius 2 is 1.86 bits per heavy atom. The lowest BCUT2D eigenvalue weighted by molar-refractivity contribution is -0.116. The molecule has 0 spiro atoms. The van der Waals surface area contributed by atoms with Gasteiger partial charge in [-0.15, -0.1) is 12.4 Å². The number of aryl methyl sites for hydroxylation is 2. The highest BCUT2D eigenvalue weighted by Crippen LogP contribution is 2.32. The smallest absolute Gasteiger partial charge is 0.224 e. The number of nitrogens with one attached hydrogen (secondary N) is 1. The minimum absolute atomic E-state index is 0. The number of nitrogens with two attached hydrogens (primary N) is 1. The molecule has 4 nitrogen and oxygen atoms in total. The molecule has 4 rings (SSSR count). The molecule has 0 atom stereocenters. The minimum atomic E-state index is 0. The Morgan fingerprint density at radius 1 is 1.07 bits per heavy atom. The Balaban J connectivity index is 0.00000225. The molecular formula is C23H26ClN3O. The zero-order valence-corrected chi connectivity index (χ0v) is 16.7. The Hall–Kier alpha value is -2.59. The molecule has 1 heterocycles.